The number of ketones is 1. The number of hydrogen-bond acceptors (Lipinski definition) is 7. The molecule has 1 amide bonds. The first-order chi connectivity index (χ1) is 20.8. The number of aromatic nitrogens is 3. The van der Waals surface area contributed by atoms with Crippen molar-refractivity contribution in [3.05, 3.63) is 94.4 Å². The number of benzene rings is 2. The van der Waals surface area contributed by atoms with Crippen LogP contribution in [0.15, 0.2) is 66.4 Å². The Balaban J connectivity index is 1.47. The van der Waals surface area contributed by atoms with E-state index in [0.717, 1.165) is 40.6 Å². The van der Waals surface area contributed by atoms with Crippen molar-refractivity contribution in [2.24, 2.45) is 0 Å². The van der Waals surface area contributed by atoms with Crippen molar-refractivity contribution >= 4 is 49.8 Å². The van der Waals surface area contributed by atoms with Crippen LogP contribution >= 0.6 is 11.3 Å². The van der Waals surface area contributed by atoms with E-state index in [9.17, 15) is 14.7 Å². The van der Waals surface area contributed by atoms with E-state index in [0.29, 0.717) is 40.1 Å². The van der Waals surface area contributed by atoms with Gasteiger partial charge in [0.1, 0.15) is 17.1 Å². The van der Waals surface area contributed by atoms with Crippen LogP contribution in [0.3, 0.4) is 0 Å². The molecule has 0 bridgehead atoms. The Bertz CT molecular complexity index is 1890. The summed E-state index contributed by atoms with van der Waals surface area (Å²) in [5, 5.41) is 12.2. The minimum Gasteiger partial charge on any atom is -0.505 e. The van der Waals surface area contributed by atoms with Crippen molar-refractivity contribution in [2.45, 2.75) is 59.4 Å². The van der Waals surface area contributed by atoms with Crippen LogP contribution in [-0.2, 0) is 9.59 Å². The fourth-order valence-corrected chi connectivity index (χ4v) is 6.97. The number of unbranched alkanes of at least 4 members (excludes halogenated alkanes) is 3. The maximum absolute atomic E-state index is 13.8. The molecule has 6 rings (SSSR count). The van der Waals surface area contributed by atoms with E-state index in [1.165, 1.54) is 22.7 Å². The molecule has 1 N–H and O–H groups in total. The van der Waals surface area contributed by atoms with Crippen molar-refractivity contribution in [3.63, 3.8) is 0 Å². The molecule has 0 saturated carbocycles. The summed E-state index contributed by atoms with van der Waals surface area (Å²) in [5.41, 5.74) is 5.09. The molecule has 3 aromatic heterocycles. The number of pyridine rings is 1. The van der Waals surface area contributed by atoms with Gasteiger partial charge in [0.15, 0.2) is 10.9 Å². The predicted molar refractivity (Wildman–Crippen MR) is 170 cm³/mol. The molecule has 1 aliphatic rings. The van der Waals surface area contributed by atoms with E-state index in [4.69, 9.17) is 9.72 Å². The highest BCUT2D eigenvalue weighted by atomic mass is 32.1. The molecule has 43 heavy (non-hydrogen) atoms. The van der Waals surface area contributed by atoms with E-state index in [2.05, 4.69) is 11.9 Å². The zero-order valence-electron chi connectivity index (χ0n) is 24.8. The molecule has 1 saturated heterocycles. The maximum Gasteiger partial charge on any atom is 0.301 e. The fraction of sp³-hybridized carbons (Fsp3) is 0.294. The number of aryl methyl sites for hydroxylation is 3. The monoisotopic (exact) mass is 594 g/mol. The number of carbonyl (C=O) groups excluding carboxylic acids is 2. The molecule has 5 aromatic rings. The molecule has 1 atom stereocenters. The minimum atomic E-state index is -0.894. The first-order valence-corrected chi connectivity index (χ1v) is 15.5. The SMILES string of the molecule is CCCCCCOc1ccc(C2/C(=C(\O)c3c(C)nc4ccccn34)C(=O)C(=O)N2c2nc3c(C)cc(C)cc3s2)cc1. The largest absolute Gasteiger partial charge is 0.505 e. The number of Topliss-reactive ketones (excluding diaryl/α,β-unsaturated/α-hetero) is 1. The number of anilines is 1. The van der Waals surface area contributed by atoms with Crippen LogP contribution in [0.2, 0.25) is 0 Å². The molecule has 220 valence electrons. The number of imidazole rings is 1. The van der Waals surface area contributed by atoms with E-state index in [-0.39, 0.29) is 11.3 Å². The van der Waals surface area contributed by atoms with Gasteiger partial charge in [0.05, 0.1) is 34.1 Å². The first kappa shape index (κ1) is 28.6. The fourth-order valence-electron chi connectivity index (χ4n) is 5.80. The Morgan fingerprint density at radius 2 is 1.79 bits per heavy atom. The Hall–Kier alpha value is -4.50. The second-order valence-corrected chi connectivity index (χ2v) is 12.1. The summed E-state index contributed by atoms with van der Waals surface area (Å²) in [6, 6.07) is 16.1. The van der Waals surface area contributed by atoms with Crippen LogP contribution < -0.4 is 9.64 Å². The molecular formula is C34H34N4O4S. The van der Waals surface area contributed by atoms with Crippen LogP contribution in [0.5, 0.6) is 5.75 Å². The molecule has 1 fully saturated rings. The van der Waals surface area contributed by atoms with Crippen LogP contribution in [0.4, 0.5) is 5.13 Å². The zero-order chi connectivity index (χ0) is 30.2. The lowest BCUT2D eigenvalue weighted by molar-refractivity contribution is -0.132. The van der Waals surface area contributed by atoms with Gasteiger partial charge in [0.2, 0.25) is 0 Å². The third-order valence-corrected chi connectivity index (χ3v) is 8.86. The number of aliphatic hydroxyl groups excluding tert-OH is 1. The Morgan fingerprint density at radius 3 is 2.56 bits per heavy atom. The van der Waals surface area contributed by atoms with Crippen molar-refractivity contribution < 1.29 is 19.4 Å². The lowest BCUT2D eigenvalue weighted by Crippen LogP contribution is -2.29. The number of fused-ring (bicyclic) bond motifs is 2. The Kier molecular flexibility index (Phi) is 7.75. The predicted octanol–water partition coefficient (Wildman–Crippen LogP) is 7.45. The van der Waals surface area contributed by atoms with Gasteiger partial charge in [-0.25, -0.2) is 9.97 Å². The van der Waals surface area contributed by atoms with Crippen LogP contribution in [0.25, 0.3) is 21.6 Å². The number of ether oxygens (including phenoxy) is 1. The van der Waals surface area contributed by atoms with Crippen LogP contribution in [-0.4, -0.2) is 37.8 Å². The summed E-state index contributed by atoms with van der Waals surface area (Å²) in [4.78, 5) is 38.4. The zero-order valence-corrected chi connectivity index (χ0v) is 25.6. The van der Waals surface area contributed by atoms with Gasteiger partial charge < -0.3 is 9.84 Å². The maximum atomic E-state index is 13.8. The summed E-state index contributed by atoms with van der Waals surface area (Å²) in [6.45, 7) is 8.58. The number of rotatable bonds is 9. The van der Waals surface area contributed by atoms with E-state index in [1.54, 1.807) is 17.5 Å². The second kappa shape index (κ2) is 11.6. The van der Waals surface area contributed by atoms with E-state index in [1.807, 2.05) is 68.4 Å². The smallest absolute Gasteiger partial charge is 0.301 e. The molecule has 0 spiro atoms. The normalized spacial score (nSPS) is 16.6. The van der Waals surface area contributed by atoms with Gasteiger partial charge in [0, 0.05) is 6.20 Å². The number of aliphatic hydroxyl groups is 1. The average Bonchev–Trinajstić information content (AvgIpc) is 3.64. The number of amides is 1. The van der Waals surface area contributed by atoms with Crippen LogP contribution in [0.1, 0.15) is 66.7 Å². The minimum absolute atomic E-state index is 0.000791. The lowest BCUT2D eigenvalue weighted by atomic mass is 9.96. The quantitative estimate of drug-likeness (QED) is 0.0824. The van der Waals surface area contributed by atoms with Crippen molar-refractivity contribution in [1.29, 1.82) is 0 Å². The van der Waals surface area contributed by atoms with E-state index >= 15 is 0 Å². The molecule has 1 aliphatic heterocycles. The number of hydrogen-bond donors (Lipinski definition) is 1. The van der Waals surface area contributed by atoms with Crippen molar-refractivity contribution in [2.75, 3.05) is 11.5 Å². The van der Waals surface area contributed by atoms with Gasteiger partial charge in [-0.1, -0.05) is 61.8 Å². The van der Waals surface area contributed by atoms with Gasteiger partial charge in [-0.05, 0) is 74.2 Å². The van der Waals surface area contributed by atoms with Gasteiger partial charge in [0.25, 0.3) is 5.78 Å². The molecule has 2 aromatic carbocycles. The highest BCUT2D eigenvalue weighted by molar-refractivity contribution is 7.22. The second-order valence-electron chi connectivity index (χ2n) is 11.0. The third kappa shape index (κ3) is 5.18. The van der Waals surface area contributed by atoms with Gasteiger partial charge in [-0.15, -0.1) is 0 Å². The molecule has 0 radical (unpaired) electrons. The number of carbonyl (C=O) groups is 2. The number of nitrogens with zero attached hydrogens (tertiary/aromatic N) is 4. The molecule has 9 heteroatoms. The van der Waals surface area contributed by atoms with E-state index < -0.39 is 17.7 Å². The summed E-state index contributed by atoms with van der Waals surface area (Å²) < 4.78 is 8.61. The van der Waals surface area contributed by atoms with Gasteiger partial charge >= 0.3 is 5.91 Å². The summed E-state index contributed by atoms with van der Waals surface area (Å²) in [7, 11) is 0. The van der Waals surface area contributed by atoms with Gasteiger partial charge in [-0.3, -0.25) is 18.9 Å². The average molecular weight is 595 g/mol. The molecule has 8 nitrogen and oxygen atoms in total. The highest BCUT2D eigenvalue weighted by Crippen LogP contribution is 2.45. The number of thiazole rings is 1. The van der Waals surface area contributed by atoms with Crippen LogP contribution in [0, 0.1) is 20.8 Å². The summed E-state index contributed by atoms with van der Waals surface area (Å²) in [6.07, 6.45) is 6.21. The Labute approximate surface area is 254 Å². The van der Waals surface area contributed by atoms with Crippen molar-refractivity contribution in [1.82, 2.24) is 14.4 Å². The standard InChI is InChI=1S/C34H34N4O4S/c1-5-6-7-10-17-42-24-14-12-23(13-15-24)30-27(31(39)29-22(4)35-26-11-8-9-16-37(26)29)32(40)33(41)38(30)34-36-28-21(3)18-20(2)19-25(28)43-34/h8-9,11-16,18-19,30,39H,5-7,10,17H2,1-4H3/b31-27+. The molecule has 1 unspecified atom stereocenters. The third-order valence-electron chi connectivity index (χ3n) is 7.86. The Morgan fingerprint density at radius 1 is 1.00 bits per heavy atom. The van der Waals surface area contributed by atoms with Crippen molar-refractivity contribution in [3.8, 4) is 5.75 Å². The topological polar surface area (TPSA) is 97.0 Å². The summed E-state index contributed by atoms with van der Waals surface area (Å²) >= 11 is 1.36. The van der Waals surface area contributed by atoms with Gasteiger partial charge in [-0.2, -0.15) is 0 Å². The molecule has 4 heterocycles. The highest BCUT2D eigenvalue weighted by Gasteiger charge is 2.48. The molecule has 0 aliphatic carbocycles. The molecular weight excluding hydrogens is 560 g/mol. The summed E-state index contributed by atoms with van der Waals surface area (Å²) in [5.74, 6) is -1.06. The first-order valence-electron chi connectivity index (χ1n) is 14.6. The lowest BCUT2D eigenvalue weighted by Gasteiger charge is -2.23.